The van der Waals surface area contributed by atoms with Gasteiger partial charge in [0.2, 0.25) is 11.8 Å². The van der Waals surface area contributed by atoms with E-state index in [1.807, 2.05) is 24.3 Å². The number of carbonyl (C=O) groups excluding carboxylic acids is 2. The van der Waals surface area contributed by atoms with Gasteiger partial charge < -0.3 is 14.1 Å². The molecule has 0 unspecified atom stereocenters. The van der Waals surface area contributed by atoms with Gasteiger partial charge in [0.05, 0.1) is 5.92 Å². The topological polar surface area (TPSA) is 85.5 Å². The second-order valence-electron chi connectivity index (χ2n) is 7.01. The number of anilines is 1. The molecule has 3 atom stereocenters. The molecule has 0 aliphatic carbocycles. The van der Waals surface area contributed by atoms with Gasteiger partial charge in [0.25, 0.3) is 5.89 Å². The molecule has 0 saturated carbocycles. The van der Waals surface area contributed by atoms with Crippen molar-refractivity contribution in [2.24, 2.45) is 5.92 Å². The lowest BCUT2D eigenvalue weighted by Crippen LogP contribution is -2.28. The van der Waals surface area contributed by atoms with E-state index in [2.05, 4.69) is 24.0 Å². The molecule has 1 saturated heterocycles. The maximum Gasteiger partial charge on any atom is 0.312 e. The number of amides is 1. The third-order valence-electron chi connectivity index (χ3n) is 5.01. The maximum atomic E-state index is 12.6. The van der Waals surface area contributed by atoms with Gasteiger partial charge in [-0.2, -0.15) is 0 Å². The van der Waals surface area contributed by atoms with Crippen LogP contribution in [-0.2, 0) is 14.3 Å². The van der Waals surface area contributed by atoms with Crippen LogP contribution in [0.1, 0.15) is 63.0 Å². The van der Waals surface area contributed by atoms with Crippen LogP contribution in [0.15, 0.2) is 28.7 Å². The highest BCUT2D eigenvalue weighted by Crippen LogP contribution is 2.34. The first-order valence-electron chi connectivity index (χ1n) is 9.30. The minimum Gasteiger partial charge on any atom is -0.452 e. The molecule has 2 aromatic rings. The minimum atomic E-state index is -0.643. The molecule has 1 aliphatic rings. The van der Waals surface area contributed by atoms with E-state index >= 15 is 0 Å². The molecular weight excluding hydrogens is 346 g/mol. The lowest BCUT2D eigenvalue weighted by molar-refractivity contribution is -0.154. The first-order valence-corrected chi connectivity index (χ1v) is 9.30. The summed E-state index contributed by atoms with van der Waals surface area (Å²) in [5, 5.41) is 7.61. The number of hydrogen-bond donors (Lipinski definition) is 0. The highest BCUT2D eigenvalue weighted by molar-refractivity contribution is 6.00. The quantitative estimate of drug-likeness (QED) is 0.722. The van der Waals surface area contributed by atoms with Gasteiger partial charge in [-0.1, -0.05) is 32.0 Å². The number of esters is 1. The third kappa shape index (κ3) is 4.02. The van der Waals surface area contributed by atoms with Crippen molar-refractivity contribution >= 4 is 17.6 Å². The summed E-state index contributed by atoms with van der Waals surface area (Å²) in [6, 6.07) is 7.88. The van der Waals surface area contributed by atoms with Crippen LogP contribution in [0.25, 0.3) is 0 Å². The fourth-order valence-corrected chi connectivity index (χ4v) is 3.27. The molecule has 0 bridgehead atoms. The fourth-order valence-electron chi connectivity index (χ4n) is 3.27. The van der Waals surface area contributed by atoms with Gasteiger partial charge in [-0.15, -0.1) is 10.2 Å². The number of aromatic nitrogens is 2. The Hall–Kier alpha value is -2.70. The molecule has 7 heteroatoms. The van der Waals surface area contributed by atoms with Crippen molar-refractivity contribution in [1.29, 1.82) is 0 Å². The summed E-state index contributed by atoms with van der Waals surface area (Å²) in [4.78, 5) is 26.8. The molecule has 0 radical (unpaired) electrons. The van der Waals surface area contributed by atoms with Gasteiger partial charge in [-0.05, 0) is 30.9 Å². The van der Waals surface area contributed by atoms with Crippen LogP contribution in [0.2, 0.25) is 0 Å². The lowest BCUT2D eigenvalue weighted by atomic mass is 9.96. The zero-order chi connectivity index (χ0) is 19.6. The van der Waals surface area contributed by atoms with E-state index in [4.69, 9.17) is 9.15 Å². The lowest BCUT2D eigenvalue weighted by Gasteiger charge is -2.23. The largest absolute Gasteiger partial charge is 0.452 e. The molecule has 2 heterocycles. The van der Waals surface area contributed by atoms with E-state index in [0.29, 0.717) is 18.4 Å². The number of carbonyl (C=O) groups is 2. The smallest absolute Gasteiger partial charge is 0.312 e. The summed E-state index contributed by atoms with van der Waals surface area (Å²) in [6.07, 6.45) is 0.477. The second kappa shape index (κ2) is 7.90. The molecule has 3 rings (SSSR count). The standard InChI is InChI=1S/C20H25N3O4/c1-5-12(2)16-8-6-7-9-17(16)23-11-15(10-18(23)24)20(25)26-13(3)19-22-21-14(4)27-19/h6-9,12-13,15H,5,10-11H2,1-4H3/t12-,13-,15+/m0/s1. The van der Waals surface area contributed by atoms with Gasteiger partial charge in [0.15, 0.2) is 6.10 Å². The monoisotopic (exact) mass is 371 g/mol. The van der Waals surface area contributed by atoms with Crippen LogP contribution < -0.4 is 4.90 Å². The van der Waals surface area contributed by atoms with Crippen molar-refractivity contribution < 1.29 is 18.7 Å². The third-order valence-corrected chi connectivity index (χ3v) is 5.01. The number of para-hydroxylation sites is 1. The van der Waals surface area contributed by atoms with Crippen LogP contribution >= 0.6 is 0 Å². The Labute approximate surface area is 158 Å². The van der Waals surface area contributed by atoms with Crippen LogP contribution in [-0.4, -0.2) is 28.6 Å². The molecule has 27 heavy (non-hydrogen) atoms. The zero-order valence-corrected chi connectivity index (χ0v) is 16.1. The number of ether oxygens (including phenoxy) is 1. The molecular formula is C20H25N3O4. The van der Waals surface area contributed by atoms with E-state index < -0.39 is 18.0 Å². The number of benzene rings is 1. The van der Waals surface area contributed by atoms with E-state index in [9.17, 15) is 9.59 Å². The SMILES string of the molecule is CC[C@H](C)c1ccccc1N1C[C@H](C(=O)O[C@@H](C)c2nnc(C)o2)CC1=O. The molecule has 0 N–H and O–H groups in total. The molecule has 0 spiro atoms. The Balaban J connectivity index is 1.71. The van der Waals surface area contributed by atoms with Gasteiger partial charge in [-0.25, -0.2) is 0 Å². The van der Waals surface area contributed by atoms with Gasteiger partial charge in [0, 0.05) is 25.6 Å². The van der Waals surface area contributed by atoms with Crippen molar-refractivity contribution in [2.75, 3.05) is 11.4 Å². The summed E-state index contributed by atoms with van der Waals surface area (Å²) < 4.78 is 10.7. The molecule has 144 valence electrons. The van der Waals surface area contributed by atoms with Crippen molar-refractivity contribution in [2.45, 2.75) is 52.6 Å². The van der Waals surface area contributed by atoms with Crippen LogP contribution in [0.5, 0.6) is 0 Å². The average molecular weight is 371 g/mol. The Kier molecular flexibility index (Phi) is 5.58. The summed E-state index contributed by atoms with van der Waals surface area (Å²) in [5.41, 5.74) is 2.00. The highest BCUT2D eigenvalue weighted by atomic mass is 16.6. The minimum absolute atomic E-state index is 0.0611. The zero-order valence-electron chi connectivity index (χ0n) is 16.1. The summed E-state index contributed by atoms with van der Waals surface area (Å²) >= 11 is 0. The average Bonchev–Trinajstić information content (AvgIpc) is 3.27. The summed E-state index contributed by atoms with van der Waals surface area (Å²) in [7, 11) is 0. The van der Waals surface area contributed by atoms with Crippen molar-refractivity contribution in [1.82, 2.24) is 10.2 Å². The first-order chi connectivity index (χ1) is 12.9. The maximum absolute atomic E-state index is 12.6. The van der Waals surface area contributed by atoms with Gasteiger partial charge in [0.1, 0.15) is 0 Å². The van der Waals surface area contributed by atoms with Crippen molar-refractivity contribution in [3.8, 4) is 0 Å². The van der Waals surface area contributed by atoms with E-state index in [1.165, 1.54) is 0 Å². The molecule has 1 aliphatic heterocycles. The van der Waals surface area contributed by atoms with Crippen LogP contribution in [0.3, 0.4) is 0 Å². The number of hydrogen-bond acceptors (Lipinski definition) is 6. The molecule has 1 aromatic carbocycles. The molecule has 1 fully saturated rings. The molecule has 1 aromatic heterocycles. The van der Waals surface area contributed by atoms with Crippen LogP contribution in [0, 0.1) is 12.8 Å². The number of aryl methyl sites for hydroxylation is 1. The Morgan fingerprint density at radius 2 is 2.07 bits per heavy atom. The number of rotatable bonds is 6. The number of nitrogens with zero attached hydrogens (tertiary/aromatic N) is 3. The molecule has 1 amide bonds. The van der Waals surface area contributed by atoms with Gasteiger partial charge >= 0.3 is 5.97 Å². The molecule has 7 nitrogen and oxygen atoms in total. The first kappa shape index (κ1) is 19.1. The van der Waals surface area contributed by atoms with Crippen LogP contribution in [0.4, 0.5) is 5.69 Å². The predicted molar refractivity (Wildman–Crippen MR) is 99.2 cm³/mol. The highest BCUT2D eigenvalue weighted by Gasteiger charge is 2.38. The summed E-state index contributed by atoms with van der Waals surface area (Å²) in [5.74, 6) is 0.0138. The predicted octanol–water partition coefficient (Wildman–Crippen LogP) is 3.55. The fraction of sp³-hybridized carbons (Fsp3) is 0.500. The van der Waals surface area contributed by atoms with E-state index in [0.717, 1.165) is 17.7 Å². The normalized spacial score (nSPS) is 19.2. The van der Waals surface area contributed by atoms with Gasteiger partial charge in [-0.3, -0.25) is 9.59 Å². The van der Waals surface area contributed by atoms with E-state index in [1.54, 1.807) is 18.7 Å². The Bertz CT molecular complexity index is 832. The Morgan fingerprint density at radius 3 is 2.74 bits per heavy atom. The second-order valence-corrected chi connectivity index (χ2v) is 7.01. The Morgan fingerprint density at radius 1 is 1.33 bits per heavy atom. The summed E-state index contributed by atoms with van der Waals surface area (Å²) in [6.45, 7) is 7.93. The van der Waals surface area contributed by atoms with E-state index in [-0.39, 0.29) is 18.2 Å². The van der Waals surface area contributed by atoms with Crippen molar-refractivity contribution in [3.05, 3.63) is 41.6 Å². The van der Waals surface area contributed by atoms with Crippen molar-refractivity contribution in [3.63, 3.8) is 0 Å².